The SMILES string of the molecule is CC(C)(C)c1cc(NC(=O)Nc2ccc(Oc3cccc(N(C=O)c4cccnc4)c3)cc2)no1. The Kier molecular flexibility index (Phi) is 6.77. The van der Waals surface area contributed by atoms with Crippen molar-refractivity contribution >= 4 is 35.3 Å². The Balaban J connectivity index is 1.38. The van der Waals surface area contributed by atoms with Crippen LogP contribution in [0.5, 0.6) is 11.5 Å². The zero-order valence-electron chi connectivity index (χ0n) is 19.6. The molecule has 2 N–H and O–H groups in total. The molecule has 0 radical (unpaired) electrons. The van der Waals surface area contributed by atoms with Crippen LogP contribution in [0, 0.1) is 0 Å². The fourth-order valence-electron chi connectivity index (χ4n) is 3.17. The summed E-state index contributed by atoms with van der Waals surface area (Å²) in [6.07, 6.45) is 3.98. The lowest BCUT2D eigenvalue weighted by atomic mass is 9.93. The number of nitrogens with zero attached hydrogens (tertiary/aromatic N) is 3. The summed E-state index contributed by atoms with van der Waals surface area (Å²) < 4.78 is 11.2. The Hall–Kier alpha value is -4.66. The zero-order valence-corrected chi connectivity index (χ0v) is 19.6. The van der Waals surface area contributed by atoms with Gasteiger partial charge in [-0.2, -0.15) is 0 Å². The van der Waals surface area contributed by atoms with Crippen LogP contribution in [0.3, 0.4) is 0 Å². The first-order valence-corrected chi connectivity index (χ1v) is 10.9. The third-order valence-corrected chi connectivity index (χ3v) is 4.96. The maximum absolute atomic E-state index is 12.3. The first kappa shape index (κ1) is 23.5. The highest BCUT2D eigenvalue weighted by molar-refractivity contribution is 5.99. The van der Waals surface area contributed by atoms with Crippen molar-refractivity contribution in [2.24, 2.45) is 0 Å². The van der Waals surface area contributed by atoms with E-state index in [1.807, 2.05) is 20.8 Å². The second-order valence-electron chi connectivity index (χ2n) is 8.72. The number of nitrogens with one attached hydrogen (secondary N) is 2. The third kappa shape index (κ3) is 6.02. The Morgan fingerprint density at radius 1 is 0.971 bits per heavy atom. The molecule has 0 aliphatic carbocycles. The average Bonchev–Trinajstić information content (AvgIpc) is 3.31. The summed E-state index contributed by atoms with van der Waals surface area (Å²) in [5.74, 6) is 2.13. The number of benzene rings is 2. The van der Waals surface area contributed by atoms with Gasteiger partial charge in [-0.3, -0.25) is 20.0 Å². The first-order valence-electron chi connectivity index (χ1n) is 10.9. The van der Waals surface area contributed by atoms with Crippen molar-refractivity contribution in [2.45, 2.75) is 26.2 Å². The lowest BCUT2D eigenvalue weighted by Crippen LogP contribution is -2.19. The van der Waals surface area contributed by atoms with E-state index >= 15 is 0 Å². The van der Waals surface area contributed by atoms with Crippen molar-refractivity contribution in [3.8, 4) is 11.5 Å². The summed E-state index contributed by atoms with van der Waals surface area (Å²) in [5.41, 5.74) is 1.66. The van der Waals surface area contributed by atoms with E-state index in [4.69, 9.17) is 9.26 Å². The van der Waals surface area contributed by atoms with Crippen molar-refractivity contribution in [1.82, 2.24) is 10.1 Å². The minimum absolute atomic E-state index is 0.205. The van der Waals surface area contributed by atoms with Gasteiger partial charge in [0, 0.05) is 29.4 Å². The molecule has 2 heterocycles. The molecule has 2 aromatic heterocycles. The molecule has 0 saturated carbocycles. The maximum Gasteiger partial charge on any atom is 0.324 e. The summed E-state index contributed by atoms with van der Waals surface area (Å²) in [6.45, 7) is 5.99. The first-order chi connectivity index (χ1) is 16.8. The highest BCUT2D eigenvalue weighted by Gasteiger charge is 2.20. The number of hydrogen-bond donors (Lipinski definition) is 2. The molecule has 9 heteroatoms. The molecule has 0 fully saturated rings. The van der Waals surface area contributed by atoms with Gasteiger partial charge in [0.2, 0.25) is 6.41 Å². The molecule has 4 aromatic rings. The van der Waals surface area contributed by atoms with E-state index in [9.17, 15) is 9.59 Å². The summed E-state index contributed by atoms with van der Waals surface area (Å²) in [4.78, 5) is 29.5. The Labute approximate surface area is 202 Å². The van der Waals surface area contributed by atoms with Crippen LogP contribution in [0.4, 0.5) is 27.7 Å². The number of amides is 3. The number of aromatic nitrogens is 2. The van der Waals surface area contributed by atoms with Crippen LogP contribution in [0.2, 0.25) is 0 Å². The molecule has 3 amide bonds. The number of carbonyl (C=O) groups is 2. The Morgan fingerprint density at radius 3 is 2.40 bits per heavy atom. The fraction of sp³-hybridized carbons (Fsp3) is 0.154. The number of hydrogen-bond acceptors (Lipinski definition) is 6. The van der Waals surface area contributed by atoms with Gasteiger partial charge in [-0.1, -0.05) is 32.0 Å². The topological polar surface area (TPSA) is 110 Å². The molecule has 0 aliphatic heterocycles. The molecule has 2 aromatic carbocycles. The van der Waals surface area contributed by atoms with Crippen LogP contribution in [0.25, 0.3) is 0 Å². The number of rotatable bonds is 7. The quantitative estimate of drug-likeness (QED) is 0.315. The lowest BCUT2D eigenvalue weighted by molar-refractivity contribution is -0.106. The number of anilines is 4. The highest BCUT2D eigenvalue weighted by atomic mass is 16.5. The summed E-state index contributed by atoms with van der Waals surface area (Å²) in [6, 6.07) is 18.9. The zero-order chi connectivity index (χ0) is 24.8. The Morgan fingerprint density at radius 2 is 1.74 bits per heavy atom. The van der Waals surface area contributed by atoms with Crippen molar-refractivity contribution in [1.29, 1.82) is 0 Å². The summed E-state index contributed by atoms with van der Waals surface area (Å²) in [5, 5.41) is 9.26. The van der Waals surface area contributed by atoms with Gasteiger partial charge in [-0.25, -0.2) is 4.79 Å². The minimum atomic E-state index is -0.440. The summed E-state index contributed by atoms with van der Waals surface area (Å²) >= 11 is 0. The van der Waals surface area contributed by atoms with Crippen LogP contribution in [0.1, 0.15) is 26.5 Å². The molecule has 178 valence electrons. The molecule has 0 bridgehead atoms. The Bertz CT molecular complexity index is 1300. The second kappa shape index (κ2) is 10.1. The van der Waals surface area contributed by atoms with Crippen molar-refractivity contribution in [3.05, 3.63) is 84.9 Å². The summed E-state index contributed by atoms with van der Waals surface area (Å²) in [7, 11) is 0. The maximum atomic E-state index is 12.3. The van der Waals surface area contributed by atoms with Gasteiger partial charge in [0.05, 0.1) is 17.6 Å². The molecule has 9 nitrogen and oxygen atoms in total. The average molecular weight is 472 g/mol. The van der Waals surface area contributed by atoms with E-state index in [-0.39, 0.29) is 5.41 Å². The largest absolute Gasteiger partial charge is 0.457 e. The van der Waals surface area contributed by atoms with E-state index in [2.05, 4.69) is 20.8 Å². The fourth-order valence-corrected chi connectivity index (χ4v) is 3.17. The van der Waals surface area contributed by atoms with Gasteiger partial charge in [0.25, 0.3) is 0 Å². The standard InChI is InChI=1S/C26H25N5O4/c1-26(2,3)23-15-24(30-35-23)29-25(33)28-18-9-11-21(12-10-18)34-22-8-4-6-19(14-22)31(17-32)20-7-5-13-27-16-20/h4-17H,1-3H3,(H2,28,29,30,33). The molecule has 4 rings (SSSR count). The molecule has 0 atom stereocenters. The van der Waals surface area contributed by atoms with Gasteiger partial charge in [-0.15, -0.1) is 0 Å². The van der Waals surface area contributed by atoms with Crippen LogP contribution in [-0.2, 0) is 10.2 Å². The number of urea groups is 1. The molecule has 0 spiro atoms. The van der Waals surface area contributed by atoms with Crippen LogP contribution < -0.4 is 20.3 Å². The van der Waals surface area contributed by atoms with Crippen LogP contribution >= 0.6 is 0 Å². The number of pyridine rings is 1. The number of ether oxygens (including phenoxy) is 1. The smallest absolute Gasteiger partial charge is 0.324 e. The second-order valence-corrected chi connectivity index (χ2v) is 8.72. The van der Waals surface area contributed by atoms with Crippen molar-refractivity contribution < 1.29 is 18.8 Å². The third-order valence-electron chi connectivity index (χ3n) is 4.96. The van der Waals surface area contributed by atoms with Gasteiger partial charge < -0.3 is 14.6 Å². The van der Waals surface area contributed by atoms with Gasteiger partial charge >= 0.3 is 6.03 Å². The molecular weight excluding hydrogens is 446 g/mol. The molecule has 0 aliphatic rings. The van der Waals surface area contributed by atoms with Crippen LogP contribution in [-0.4, -0.2) is 22.6 Å². The monoisotopic (exact) mass is 471 g/mol. The predicted octanol–water partition coefficient (Wildman–Crippen LogP) is 6.10. The molecule has 0 saturated heterocycles. The van der Waals surface area contributed by atoms with E-state index in [1.54, 1.807) is 79.1 Å². The van der Waals surface area contributed by atoms with Crippen molar-refractivity contribution in [2.75, 3.05) is 15.5 Å². The van der Waals surface area contributed by atoms with E-state index in [0.717, 1.165) is 6.41 Å². The van der Waals surface area contributed by atoms with Crippen LogP contribution in [0.15, 0.2) is 83.6 Å². The normalized spacial score (nSPS) is 10.9. The van der Waals surface area contributed by atoms with E-state index in [1.165, 1.54) is 4.90 Å². The van der Waals surface area contributed by atoms with E-state index in [0.29, 0.717) is 40.1 Å². The molecule has 35 heavy (non-hydrogen) atoms. The highest BCUT2D eigenvalue weighted by Crippen LogP contribution is 2.30. The lowest BCUT2D eigenvalue weighted by Gasteiger charge is -2.18. The van der Waals surface area contributed by atoms with Gasteiger partial charge in [0.1, 0.15) is 17.3 Å². The molecular formula is C26H25N5O4. The van der Waals surface area contributed by atoms with Gasteiger partial charge in [0.15, 0.2) is 5.82 Å². The minimum Gasteiger partial charge on any atom is -0.457 e. The van der Waals surface area contributed by atoms with Gasteiger partial charge in [-0.05, 0) is 48.5 Å². The van der Waals surface area contributed by atoms with E-state index < -0.39 is 6.03 Å². The predicted molar refractivity (Wildman–Crippen MR) is 133 cm³/mol. The molecule has 0 unspecified atom stereocenters. The number of carbonyl (C=O) groups excluding carboxylic acids is 2. The van der Waals surface area contributed by atoms with Crippen molar-refractivity contribution in [3.63, 3.8) is 0 Å².